The first-order valence-electron chi connectivity index (χ1n) is 27.0. The monoisotopic (exact) mass is 1070 g/mol. The number of imidazole rings is 2. The number of hydrogen-bond acceptors (Lipinski definition) is 11. The zero-order chi connectivity index (χ0) is 56.4. The van der Waals surface area contributed by atoms with Gasteiger partial charge in [-0.05, 0) is 145 Å². The second kappa shape index (κ2) is 27.8. The number of piperidine rings is 2. The molecule has 2 fully saturated rings. The van der Waals surface area contributed by atoms with E-state index in [1.54, 1.807) is 47.7 Å². The Morgan fingerprint density at radius 2 is 0.924 bits per heavy atom. The molecular formula is C63H75N7O9. The molecule has 7 aromatic rings. The minimum Gasteiger partial charge on any atom is -0.489 e. The van der Waals surface area contributed by atoms with Crippen molar-refractivity contribution >= 4 is 24.3 Å². The molecule has 2 aromatic heterocycles. The van der Waals surface area contributed by atoms with E-state index in [0.29, 0.717) is 56.3 Å². The Morgan fingerprint density at radius 3 is 1.35 bits per heavy atom. The fourth-order valence-electron chi connectivity index (χ4n) is 8.67. The number of hydrogen-bond donors (Lipinski definition) is 0. The maximum Gasteiger partial charge on any atom is 0.424 e. The Balaban J connectivity index is 0.000000186. The third-order valence-corrected chi connectivity index (χ3v) is 13.2. The first-order valence-corrected chi connectivity index (χ1v) is 27.0. The molecule has 9 rings (SSSR count). The van der Waals surface area contributed by atoms with Crippen molar-refractivity contribution in [1.29, 1.82) is 0 Å². The second-order valence-corrected chi connectivity index (χ2v) is 21.5. The van der Waals surface area contributed by atoms with Gasteiger partial charge in [0.15, 0.2) is 0 Å². The highest BCUT2D eigenvalue weighted by molar-refractivity contribution is 5.78. The van der Waals surface area contributed by atoms with Gasteiger partial charge in [0.05, 0.1) is 11.4 Å². The van der Waals surface area contributed by atoms with Gasteiger partial charge in [0, 0.05) is 62.8 Å². The van der Waals surface area contributed by atoms with Gasteiger partial charge in [-0.2, -0.15) is 0 Å². The Labute approximate surface area is 464 Å². The van der Waals surface area contributed by atoms with Crippen LogP contribution in [-0.4, -0.2) is 109 Å². The normalized spacial score (nSPS) is 13.9. The molecule has 0 bridgehead atoms. The van der Waals surface area contributed by atoms with Crippen LogP contribution in [0.25, 0.3) is 22.5 Å². The van der Waals surface area contributed by atoms with Gasteiger partial charge in [0.1, 0.15) is 54.3 Å². The lowest BCUT2D eigenvalue weighted by molar-refractivity contribution is 0.0165. The highest BCUT2D eigenvalue weighted by Gasteiger charge is 2.31. The van der Waals surface area contributed by atoms with Gasteiger partial charge >= 0.3 is 24.3 Å². The maximum atomic E-state index is 13.1. The van der Waals surface area contributed by atoms with Gasteiger partial charge in [-0.1, -0.05) is 92.2 Å². The average Bonchev–Trinajstić information content (AvgIpc) is 4.20. The van der Waals surface area contributed by atoms with Crippen molar-refractivity contribution in [3.8, 4) is 39.8 Å². The van der Waals surface area contributed by atoms with Crippen molar-refractivity contribution in [1.82, 2.24) is 33.8 Å². The lowest BCUT2D eigenvalue weighted by Gasteiger charge is -2.37. The molecule has 16 heteroatoms. The number of para-hydroxylation sites is 1. The summed E-state index contributed by atoms with van der Waals surface area (Å²) in [5.41, 5.74) is 4.51. The van der Waals surface area contributed by atoms with Crippen LogP contribution in [0.3, 0.4) is 0 Å². The summed E-state index contributed by atoms with van der Waals surface area (Å²) >= 11 is 0. The van der Waals surface area contributed by atoms with E-state index < -0.39 is 11.7 Å². The van der Waals surface area contributed by atoms with Crippen LogP contribution in [0.4, 0.5) is 19.2 Å². The zero-order valence-electron chi connectivity index (χ0n) is 46.8. The standard InChI is InChI=1S/C28H34N4O4.C23H18N2O3.C12H23NO2/c1-28(2,3)36-27(34)31-16-14-23(15-17-31)30(4)26(33)32-18-25(29-20-32)22-10-12-24(13-11-22)35-19-21-8-6-5-7-9-21;26-23(28-21-9-5-2-6-10-21)25-15-22(24-17-25)19-11-13-20(14-12-19)27-16-18-7-3-1-4-8-18;1-5-10-6-8-13(9-7-10)11(14)15-12(2,3)4/h5-13,18,20,23H,14-17,19H2,1-4H3;1-15,17H,16H2;10H,5-9H2,1-4H3. The number of amides is 3. The molecular weight excluding hydrogens is 999 g/mol. The molecule has 0 aliphatic carbocycles. The fourth-order valence-corrected chi connectivity index (χ4v) is 8.67. The molecule has 0 unspecified atom stereocenters. The lowest BCUT2D eigenvalue weighted by Crippen LogP contribution is -2.49. The van der Waals surface area contributed by atoms with Gasteiger partial charge in [0.25, 0.3) is 0 Å². The molecule has 0 radical (unpaired) electrons. The van der Waals surface area contributed by atoms with Gasteiger partial charge < -0.3 is 38.4 Å². The first kappa shape index (κ1) is 58.3. The molecule has 16 nitrogen and oxygen atoms in total. The molecule has 2 aliphatic rings. The average molecular weight is 1070 g/mol. The van der Waals surface area contributed by atoms with Crippen molar-refractivity contribution in [2.24, 2.45) is 5.92 Å². The minimum absolute atomic E-state index is 0.0445. The van der Waals surface area contributed by atoms with Crippen molar-refractivity contribution in [2.75, 3.05) is 33.2 Å². The minimum atomic E-state index is -0.519. The summed E-state index contributed by atoms with van der Waals surface area (Å²) in [7, 11) is 1.80. The van der Waals surface area contributed by atoms with E-state index in [0.717, 1.165) is 65.6 Å². The number of likely N-dealkylation sites (tertiary alicyclic amines) is 2. The van der Waals surface area contributed by atoms with Gasteiger partial charge in [-0.3, -0.25) is 4.57 Å². The molecule has 0 N–H and O–H groups in total. The summed E-state index contributed by atoms with van der Waals surface area (Å²) in [6.45, 7) is 17.4. The van der Waals surface area contributed by atoms with Crippen molar-refractivity contribution < 1.29 is 42.9 Å². The second-order valence-electron chi connectivity index (χ2n) is 21.5. The summed E-state index contributed by atoms with van der Waals surface area (Å²) in [4.78, 5) is 63.3. The summed E-state index contributed by atoms with van der Waals surface area (Å²) in [5.74, 6) is 2.83. The molecule has 3 amide bonds. The predicted octanol–water partition coefficient (Wildman–Crippen LogP) is 13.6. The Morgan fingerprint density at radius 1 is 0.519 bits per heavy atom. The molecule has 416 valence electrons. The lowest BCUT2D eigenvalue weighted by atomic mass is 9.95. The number of carbonyl (C=O) groups is 4. The number of carbonyl (C=O) groups excluding carboxylic acids is 4. The first-order chi connectivity index (χ1) is 37.9. The van der Waals surface area contributed by atoms with Crippen molar-refractivity contribution in [3.05, 3.63) is 176 Å². The van der Waals surface area contributed by atoms with Crippen molar-refractivity contribution in [2.45, 2.75) is 111 Å². The Kier molecular flexibility index (Phi) is 20.5. The smallest absolute Gasteiger partial charge is 0.424 e. The quantitative estimate of drug-likeness (QED) is 0.121. The molecule has 2 saturated heterocycles. The van der Waals surface area contributed by atoms with Gasteiger partial charge in [-0.15, -0.1) is 0 Å². The summed E-state index contributed by atoms with van der Waals surface area (Å²) in [6.07, 6.45) is 10.3. The van der Waals surface area contributed by atoms with Crippen LogP contribution in [-0.2, 0) is 22.7 Å². The topological polar surface area (TPSA) is 160 Å². The van der Waals surface area contributed by atoms with Crippen molar-refractivity contribution in [3.63, 3.8) is 0 Å². The van der Waals surface area contributed by atoms with E-state index in [1.807, 2.05) is 174 Å². The molecule has 79 heavy (non-hydrogen) atoms. The number of nitrogens with zero attached hydrogens (tertiary/aromatic N) is 7. The van der Waals surface area contributed by atoms with E-state index >= 15 is 0 Å². The van der Waals surface area contributed by atoms with E-state index in [-0.39, 0.29) is 29.9 Å². The molecule has 0 spiro atoms. The van der Waals surface area contributed by atoms with Crippen LogP contribution in [0.2, 0.25) is 0 Å². The van der Waals surface area contributed by atoms with Gasteiger partial charge in [0.2, 0.25) is 0 Å². The van der Waals surface area contributed by atoms with Crippen LogP contribution in [0.5, 0.6) is 17.2 Å². The van der Waals surface area contributed by atoms with Crippen LogP contribution in [0.15, 0.2) is 165 Å². The van der Waals surface area contributed by atoms with E-state index in [9.17, 15) is 19.2 Å². The van der Waals surface area contributed by atoms with E-state index in [1.165, 1.54) is 21.9 Å². The molecule has 2 aliphatic heterocycles. The third-order valence-electron chi connectivity index (χ3n) is 13.2. The predicted molar refractivity (Wildman–Crippen MR) is 305 cm³/mol. The van der Waals surface area contributed by atoms with Crippen LogP contribution in [0, 0.1) is 5.92 Å². The number of rotatable bonds is 11. The number of aromatic nitrogens is 4. The maximum absolute atomic E-state index is 13.1. The molecule has 4 heterocycles. The summed E-state index contributed by atoms with van der Waals surface area (Å²) in [5, 5.41) is 0. The van der Waals surface area contributed by atoms with Crippen LogP contribution < -0.4 is 14.2 Å². The molecule has 0 atom stereocenters. The fraction of sp³-hybridized carbons (Fsp3) is 0.365. The summed E-state index contributed by atoms with van der Waals surface area (Å²) < 4.78 is 30.6. The Hall–Kier alpha value is -8.40. The van der Waals surface area contributed by atoms with E-state index in [4.69, 9.17) is 23.7 Å². The SMILES string of the molecule is CCC1CCN(C(=O)OC(C)(C)C)CC1.CN(C(=O)n1cnc(-c2ccc(OCc3ccccc3)cc2)c1)C1CCN(C(=O)OC(C)(C)C)CC1.O=C(Oc1ccccc1)n1cnc(-c2ccc(OCc3ccccc3)cc2)c1. The third kappa shape index (κ3) is 18.4. The largest absolute Gasteiger partial charge is 0.489 e. The molecule has 0 saturated carbocycles. The number of ether oxygens (including phenoxy) is 5. The summed E-state index contributed by atoms with van der Waals surface area (Å²) in [6, 6.07) is 44.1. The van der Waals surface area contributed by atoms with Gasteiger partial charge in [-0.25, -0.2) is 33.7 Å². The highest BCUT2D eigenvalue weighted by Crippen LogP contribution is 2.26. The van der Waals surface area contributed by atoms with E-state index in [2.05, 4.69) is 16.9 Å². The van der Waals surface area contributed by atoms with Crippen LogP contribution in [0.1, 0.15) is 91.7 Å². The Bertz CT molecular complexity index is 2990. The highest BCUT2D eigenvalue weighted by atomic mass is 16.6. The number of benzene rings is 5. The molecule has 5 aromatic carbocycles. The zero-order valence-corrected chi connectivity index (χ0v) is 46.8. The van der Waals surface area contributed by atoms with Crippen LogP contribution >= 0.6 is 0 Å².